The van der Waals surface area contributed by atoms with Crippen LogP contribution in [-0.2, 0) is 18.5 Å². The lowest BCUT2D eigenvalue weighted by Crippen LogP contribution is -2.14. The highest BCUT2D eigenvalue weighted by Gasteiger charge is 2.31. The number of rotatable bonds is 6. The number of benzene rings is 1. The van der Waals surface area contributed by atoms with Crippen LogP contribution < -0.4 is 5.56 Å². The molecular formula is C21H22F3N5OS. The normalized spacial score (nSPS) is 15.5. The lowest BCUT2D eigenvalue weighted by molar-refractivity contribution is -0.137. The molecule has 3 aromatic rings. The minimum atomic E-state index is -4.50. The number of alkyl halides is 3. The molecule has 1 fully saturated rings. The van der Waals surface area contributed by atoms with Gasteiger partial charge in [0.2, 0.25) is 0 Å². The van der Waals surface area contributed by atoms with Gasteiger partial charge in [0.15, 0.2) is 5.16 Å². The Labute approximate surface area is 181 Å². The van der Waals surface area contributed by atoms with Crippen molar-refractivity contribution in [1.29, 1.82) is 0 Å². The third-order valence-corrected chi connectivity index (χ3v) is 6.43. The fraction of sp³-hybridized carbons (Fsp3) is 0.429. The summed E-state index contributed by atoms with van der Waals surface area (Å²) in [4.78, 5) is 19.2. The highest BCUT2D eigenvalue weighted by Crippen LogP contribution is 2.34. The van der Waals surface area contributed by atoms with Crippen molar-refractivity contribution in [2.45, 2.75) is 61.7 Å². The number of aromatic amines is 1. The summed E-state index contributed by atoms with van der Waals surface area (Å²) in [6.07, 6.45) is 3.05. The molecule has 0 bridgehead atoms. The van der Waals surface area contributed by atoms with Crippen LogP contribution in [0.4, 0.5) is 13.2 Å². The van der Waals surface area contributed by atoms with E-state index in [9.17, 15) is 18.0 Å². The molecule has 1 N–H and O–H groups in total. The van der Waals surface area contributed by atoms with Gasteiger partial charge in [-0.25, -0.2) is 4.98 Å². The molecule has 0 amide bonds. The van der Waals surface area contributed by atoms with Crippen molar-refractivity contribution in [3.05, 3.63) is 58.4 Å². The molecule has 0 radical (unpaired) electrons. The van der Waals surface area contributed by atoms with E-state index in [4.69, 9.17) is 0 Å². The number of allylic oxidation sites excluding steroid dienone is 1. The maximum absolute atomic E-state index is 13.0. The fourth-order valence-corrected chi connectivity index (χ4v) is 4.76. The van der Waals surface area contributed by atoms with E-state index >= 15 is 0 Å². The first kappa shape index (κ1) is 21.6. The summed E-state index contributed by atoms with van der Waals surface area (Å²) < 4.78 is 41.1. The molecule has 164 valence electrons. The van der Waals surface area contributed by atoms with Crippen molar-refractivity contribution >= 4 is 22.7 Å². The van der Waals surface area contributed by atoms with E-state index in [0.29, 0.717) is 17.6 Å². The van der Waals surface area contributed by atoms with Crippen LogP contribution >= 0.6 is 11.8 Å². The molecule has 0 unspecified atom stereocenters. The largest absolute Gasteiger partial charge is 0.416 e. The van der Waals surface area contributed by atoms with Gasteiger partial charge in [-0.2, -0.15) is 13.2 Å². The predicted octanol–water partition coefficient (Wildman–Crippen LogP) is 5.06. The van der Waals surface area contributed by atoms with Gasteiger partial charge in [-0.1, -0.05) is 37.1 Å². The molecule has 1 saturated carbocycles. The number of aromatic nitrogens is 5. The molecular weight excluding hydrogens is 427 g/mol. The van der Waals surface area contributed by atoms with Crippen LogP contribution in [0, 0.1) is 0 Å². The second-order valence-electron chi connectivity index (χ2n) is 7.61. The Hall–Kier alpha value is -2.62. The Morgan fingerprint density at radius 1 is 1.23 bits per heavy atom. The zero-order valence-electron chi connectivity index (χ0n) is 16.8. The second-order valence-corrected chi connectivity index (χ2v) is 8.55. The van der Waals surface area contributed by atoms with Crippen LogP contribution in [0.15, 0.2) is 40.8 Å². The van der Waals surface area contributed by atoms with Crippen LogP contribution in [0.3, 0.4) is 0 Å². The van der Waals surface area contributed by atoms with Crippen molar-refractivity contribution in [1.82, 2.24) is 24.7 Å². The lowest BCUT2D eigenvalue weighted by Gasteiger charge is -2.21. The van der Waals surface area contributed by atoms with E-state index in [2.05, 4.69) is 26.7 Å². The van der Waals surface area contributed by atoms with Gasteiger partial charge in [0.1, 0.15) is 11.6 Å². The second kappa shape index (κ2) is 8.86. The van der Waals surface area contributed by atoms with Crippen molar-refractivity contribution in [2.75, 3.05) is 0 Å². The number of thioether (sulfide) groups is 1. The maximum atomic E-state index is 13.0. The lowest BCUT2D eigenvalue weighted by atomic mass is 9.89. The van der Waals surface area contributed by atoms with E-state index in [0.717, 1.165) is 36.9 Å². The van der Waals surface area contributed by atoms with Crippen molar-refractivity contribution in [2.24, 2.45) is 0 Å². The molecule has 4 rings (SSSR count). The van der Waals surface area contributed by atoms with Crippen molar-refractivity contribution in [3.63, 3.8) is 0 Å². The number of nitrogens with one attached hydrogen (secondary N) is 1. The first-order valence-corrected chi connectivity index (χ1v) is 11.1. The number of halogens is 3. The molecule has 0 aliphatic heterocycles. The summed E-state index contributed by atoms with van der Waals surface area (Å²) in [5, 5.41) is 9.51. The van der Waals surface area contributed by atoms with E-state index in [1.165, 1.54) is 31.0 Å². The number of fused-ring (bicyclic) bond motifs is 1. The average Bonchev–Trinajstić information content (AvgIpc) is 3.15. The molecule has 10 heteroatoms. The average molecular weight is 450 g/mol. The number of H-pyrrole nitrogens is 1. The van der Waals surface area contributed by atoms with Gasteiger partial charge in [0, 0.05) is 12.5 Å². The molecule has 0 saturated heterocycles. The minimum Gasteiger partial charge on any atom is -0.309 e. The Kier molecular flexibility index (Phi) is 6.17. The van der Waals surface area contributed by atoms with Crippen molar-refractivity contribution < 1.29 is 13.2 Å². The zero-order chi connectivity index (χ0) is 22.0. The van der Waals surface area contributed by atoms with Crippen molar-refractivity contribution in [3.8, 4) is 0 Å². The molecule has 31 heavy (non-hydrogen) atoms. The molecule has 1 aliphatic carbocycles. The van der Waals surface area contributed by atoms with E-state index < -0.39 is 17.3 Å². The summed E-state index contributed by atoms with van der Waals surface area (Å²) >= 11 is 1.34. The molecule has 0 spiro atoms. The van der Waals surface area contributed by atoms with E-state index in [1.54, 1.807) is 6.08 Å². The monoisotopic (exact) mass is 449 g/mol. The van der Waals surface area contributed by atoms with Gasteiger partial charge in [-0.05, 0) is 31.0 Å². The highest BCUT2D eigenvalue weighted by molar-refractivity contribution is 7.98. The first-order chi connectivity index (χ1) is 14.9. The van der Waals surface area contributed by atoms with E-state index in [-0.39, 0.29) is 22.5 Å². The van der Waals surface area contributed by atoms with E-state index in [1.807, 2.05) is 4.57 Å². The minimum absolute atomic E-state index is 0.0182. The summed E-state index contributed by atoms with van der Waals surface area (Å²) in [5.41, 5.74) is -1.28. The molecule has 2 aromatic heterocycles. The molecule has 6 nitrogen and oxygen atoms in total. The summed E-state index contributed by atoms with van der Waals surface area (Å²) in [6, 6.07) is 2.94. The quantitative estimate of drug-likeness (QED) is 0.421. The SMILES string of the molecule is C=CCn1c(SCc2nc3cc(C(F)(F)F)ccc3c(=O)[nH]2)nnc1C1CCCCC1. The smallest absolute Gasteiger partial charge is 0.309 e. The highest BCUT2D eigenvalue weighted by atomic mass is 32.2. The van der Waals surface area contributed by atoms with Crippen LogP contribution in [0.2, 0.25) is 0 Å². The molecule has 1 aromatic carbocycles. The summed E-state index contributed by atoms with van der Waals surface area (Å²) in [7, 11) is 0. The Morgan fingerprint density at radius 3 is 2.71 bits per heavy atom. The predicted molar refractivity (Wildman–Crippen MR) is 113 cm³/mol. The van der Waals surface area contributed by atoms with Crippen LogP contribution in [0.25, 0.3) is 10.9 Å². The maximum Gasteiger partial charge on any atom is 0.416 e. The van der Waals surface area contributed by atoms with Crippen LogP contribution in [0.1, 0.15) is 55.2 Å². The van der Waals surface area contributed by atoms with Gasteiger partial charge in [0.25, 0.3) is 5.56 Å². The van der Waals surface area contributed by atoms with Gasteiger partial charge in [-0.15, -0.1) is 16.8 Å². The number of nitrogens with zero attached hydrogens (tertiary/aromatic N) is 4. The third-order valence-electron chi connectivity index (χ3n) is 5.45. The number of hydrogen-bond donors (Lipinski definition) is 1. The van der Waals surface area contributed by atoms with Crippen LogP contribution in [0.5, 0.6) is 0 Å². The van der Waals surface area contributed by atoms with Crippen LogP contribution in [-0.4, -0.2) is 24.7 Å². The number of hydrogen-bond acceptors (Lipinski definition) is 5. The Bertz CT molecular complexity index is 1150. The summed E-state index contributed by atoms with van der Waals surface area (Å²) in [5.74, 6) is 1.85. The summed E-state index contributed by atoms with van der Waals surface area (Å²) in [6.45, 7) is 4.38. The molecule has 1 aliphatic rings. The van der Waals surface area contributed by atoms with Gasteiger partial charge < -0.3 is 9.55 Å². The fourth-order valence-electron chi connectivity index (χ4n) is 3.94. The zero-order valence-corrected chi connectivity index (χ0v) is 17.6. The molecule has 2 heterocycles. The van der Waals surface area contributed by atoms with Gasteiger partial charge >= 0.3 is 6.18 Å². The Balaban J connectivity index is 1.59. The third kappa shape index (κ3) is 4.68. The Morgan fingerprint density at radius 2 is 2.00 bits per heavy atom. The molecule has 0 atom stereocenters. The first-order valence-electron chi connectivity index (χ1n) is 10.1. The standard InChI is InChI=1S/C21H22F3N5OS/c1-2-10-29-18(13-6-4-3-5-7-13)27-28-20(29)31-12-17-25-16-11-14(21(22,23)24)8-9-15(16)19(30)26-17/h2,8-9,11,13H,1,3-7,10,12H2,(H,25,26,30). The topological polar surface area (TPSA) is 76.5 Å². The van der Waals surface area contributed by atoms with Gasteiger partial charge in [0.05, 0.1) is 22.2 Å². The van der Waals surface area contributed by atoms with Gasteiger partial charge in [-0.3, -0.25) is 4.79 Å².